The molecule has 0 unspecified atom stereocenters. The minimum Gasteiger partial charge on any atom is -0.344 e. The summed E-state index contributed by atoms with van der Waals surface area (Å²) in [6.45, 7) is 2.14. The SMILES string of the molecule is CCCCc1ccc(NC(=O)Nc2c[nH]c3ncc(F)cc23)nc1. The molecule has 0 aliphatic rings. The van der Waals surface area contributed by atoms with E-state index in [0.717, 1.165) is 31.0 Å². The number of hydrogen-bond donors (Lipinski definition) is 3. The topological polar surface area (TPSA) is 82.7 Å². The lowest BCUT2D eigenvalue weighted by Gasteiger charge is -2.07. The van der Waals surface area contributed by atoms with E-state index < -0.39 is 11.8 Å². The van der Waals surface area contributed by atoms with Gasteiger partial charge in [0.1, 0.15) is 17.3 Å². The molecule has 0 aliphatic heterocycles. The summed E-state index contributed by atoms with van der Waals surface area (Å²) in [4.78, 5) is 23.1. The van der Waals surface area contributed by atoms with Crippen LogP contribution in [0.5, 0.6) is 0 Å². The van der Waals surface area contributed by atoms with Crippen molar-refractivity contribution in [2.75, 3.05) is 10.6 Å². The van der Waals surface area contributed by atoms with Crippen molar-refractivity contribution in [1.82, 2.24) is 15.0 Å². The van der Waals surface area contributed by atoms with E-state index in [4.69, 9.17) is 0 Å². The summed E-state index contributed by atoms with van der Waals surface area (Å²) in [5.41, 5.74) is 2.10. The largest absolute Gasteiger partial charge is 0.344 e. The molecule has 0 fully saturated rings. The zero-order chi connectivity index (χ0) is 16.9. The highest BCUT2D eigenvalue weighted by atomic mass is 19.1. The highest BCUT2D eigenvalue weighted by molar-refractivity contribution is 6.04. The number of rotatable bonds is 5. The number of hydrogen-bond acceptors (Lipinski definition) is 3. The van der Waals surface area contributed by atoms with Crippen molar-refractivity contribution in [3.8, 4) is 0 Å². The van der Waals surface area contributed by atoms with Gasteiger partial charge >= 0.3 is 6.03 Å². The molecular formula is C17H18FN5O. The maximum Gasteiger partial charge on any atom is 0.324 e. The first kappa shape index (κ1) is 15.9. The van der Waals surface area contributed by atoms with Gasteiger partial charge in [-0.3, -0.25) is 5.32 Å². The Morgan fingerprint density at radius 2 is 2.12 bits per heavy atom. The minimum atomic E-state index is -0.463. The van der Waals surface area contributed by atoms with Gasteiger partial charge in [-0.05, 0) is 30.5 Å². The van der Waals surface area contributed by atoms with Crippen molar-refractivity contribution in [3.63, 3.8) is 0 Å². The lowest BCUT2D eigenvalue weighted by Crippen LogP contribution is -2.19. The smallest absolute Gasteiger partial charge is 0.324 e. The van der Waals surface area contributed by atoms with Gasteiger partial charge in [0.25, 0.3) is 0 Å². The van der Waals surface area contributed by atoms with E-state index >= 15 is 0 Å². The number of anilines is 2. The fourth-order valence-corrected chi connectivity index (χ4v) is 2.38. The summed E-state index contributed by atoms with van der Waals surface area (Å²) < 4.78 is 13.3. The van der Waals surface area contributed by atoms with E-state index in [1.807, 2.05) is 6.07 Å². The van der Waals surface area contributed by atoms with Gasteiger partial charge < -0.3 is 10.3 Å². The number of carbonyl (C=O) groups is 1. The summed E-state index contributed by atoms with van der Waals surface area (Å²) >= 11 is 0. The molecule has 124 valence electrons. The average Bonchev–Trinajstić information content (AvgIpc) is 2.96. The second-order valence-corrected chi connectivity index (χ2v) is 5.49. The van der Waals surface area contributed by atoms with Gasteiger partial charge in [0.2, 0.25) is 0 Å². The molecule has 0 saturated heterocycles. The van der Waals surface area contributed by atoms with Crippen LogP contribution in [0.1, 0.15) is 25.3 Å². The van der Waals surface area contributed by atoms with Crippen molar-refractivity contribution >= 4 is 28.6 Å². The van der Waals surface area contributed by atoms with Crippen molar-refractivity contribution in [2.24, 2.45) is 0 Å². The molecule has 3 aromatic heterocycles. The van der Waals surface area contributed by atoms with E-state index in [9.17, 15) is 9.18 Å². The normalized spacial score (nSPS) is 10.8. The number of nitrogens with one attached hydrogen (secondary N) is 3. The molecule has 24 heavy (non-hydrogen) atoms. The third-order valence-electron chi connectivity index (χ3n) is 3.63. The molecule has 3 N–H and O–H groups in total. The lowest BCUT2D eigenvalue weighted by atomic mass is 10.1. The van der Waals surface area contributed by atoms with Gasteiger partial charge in [0, 0.05) is 17.8 Å². The van der Waals surface area contributed by atoms with Crippen LogP contribution in [-0.2, 0) is 6.42 Å². The van der Waals surface area contributed by atoms with Gasteiger partial charge in [0.15, 0.2) is 0 Å². The van der Waals surface area contributed by atoms with Crippen LogP contribution in [0.15, 0.2) is 36.8 Å². The van der Waals surface area contributed by atoms with Crippen LogP contribution >= 0.6 is 0 Å². The van der Waals surface area contributed by atoms with Gasteiger partial charge in [-0.1, -0.05) is 19.4 Å². The van der Waals surface area contributed by atoms with E-state index in [0.29, 0.717) is 22.5 Å². The highest BCUT2D eigenvalue weighted by Gasteiger charge is 2.10. The maximum atomic E-state index is 13.3. The number of amides is 2. The quantitative estimate of drug-likeness (QED) is 0.660. The number of H-pyrrole nitrogens is 1. The molecule has 3 heterocycles. The number of fused-ring (bicyclic) bond motifs is 1. The summed E-state index contributed by atoms with van der Waals surface area (Å²) in [6.07, 6.45) is 7.66. The van der Waals surface area contributed by atoms with Crippen molar-refractivity contribution < 1.29 is 9.18 Å². The number of pyridine rings is 2. The Labute approximate surface area is 138 Å². The summed E-state index contributed by atoms with van der Waals surface area (Å²) in [6, 6.07) is 4.58. The van der Waals surface area contributed by atoms with E-state index in [2.05, 4.69) is 32.5 Å². The lowest BCUT2D eigenvalue weighted by molar-refractivity contribution is 0.262. The van der Waals surface area contributed by atoms with Crippen molar-refractivity contribution in [2.45, 2.75) is 26.2 Å². The van der Waals surface area contributed by atoms with Crippen LogP contribution in [0, 0.1) is 5.82 Å². The van der Waals surface area contributed by atoms with Crippen LogP contribution in [0.25, 0.3) is 11.0 Å². The second kappa shape index (κ2) is 7.08. The first-order valence-electron chi connectivity index (χ1n) is 7.81. The maximum absolute atomic E-state index is 13.3. The third kappa shape index (κ3) is 3.68. The van der Waals surface area contributed by atoms with Gasteiger partial charge in [-0.2, -0.15) is 0 Å². The summed E-state index contributed by atoms with van der Waals surface area (Å²) in [7, 11) is 0. The number of aromatic amines is 1. The number of carbonyl (C=O) groups excluding carboxylic acids is 1. The Kier molecular flexibility index (Phi) is 4.69. The molecule has 0 aromatic carbocycles. The molecule has 0 spiro atoms. The molecular weight excluding hydrogens is 309 g/mol. The van der Waals surface area contributed by atoms with E-state index in [-0.39, 0.29) is 0 Å². The molecule has 6 nitrogen and oxygen atoms in total. The molecule has 0 atom stereocenters. The first-order chi connectivity index (χ1) is 11.7. The van der Waals surface area contributed by atoms with E-state index in [1.165, 1.54) is 6.07 Å². The zero-order valence-electron chi connectivity index (χ0n) is 13.3. The molecule has 7 heteroatoms. The fourth-order valence-electron chi connectivity index (χ4n) is 2.38. The molecule has 0 radical (unpaired) electrons. The molecule has 3 rings (SSSR count). The number of halogens is 1. The second-order valence-electron chi connectivity index (χ2n) is 5.49. The number of urea groups is 1. The Hall–Kier alpha value is -2.96. The van der Waals surface area contributed by atoms with Crippen LogP contribution in [0.2, 0.25) is 0 Å². The monoisotopic (exact) mass is 327 g/mol. The van der Waals surface area contributed by atoms with Crippen molar-refractivity contribution in [1.29, 1.82) is 0 Å². The van der Waals surface area contributed by atoms with Crippen LogP contribution < -0.4 is 10.6 Å². The van der Waals surface area contributed by atoms with Crippen LogP contribution in [0.4, 0.5) is 20.7 Å². The van der Waals surface area contributed by atoms with E-state index in [1.54, 1.807) is 18.5 Å². The van der Waals surface area contributed by atoms with Crippen LogP contribution in [0.3, 0.4) is 0 Å². The molecule has 3 aromatic rings. The predicted molar refractivity (Wildman–Crippen MR) is 91.5 cm³/mol. The average molecular weight is 327 g/mol. The third-order valence-corrected chi connectivity index (χ3v) is 3.63. The zero-order valence-corrected chi connectivity index (χ0v) is 13.3. The van der Waals surface area contributed by atoms with Gasteiger partial charge in [-0.15, -0.1) is 0 Å². The summed E-state index contributed by atoms with van der Waals surface area (Å²) in [5.74, 6) is -0.00760. The minimum absolute atomic E-state index is 0.450. The predicted octanol–water partition coefficient (Wildman–Crippen LogP) is 4.08. The molecule has 0 saturated carbocycles. The number of aryl methyl sites for hydroxylation is 1. The molecule has 2 amide bonds. The number of nitrogens with zero attached hydrogens (tertiary/aromatic N) is 2. The molecule has 0 aliphatic carbocycles. The van der Waals surface area contributed by atoms with Crippen molar-refractivity contribution in [3.05, 3.63) is 48.2 Å². The Morgan fingerprint density at radius 1 is 1.25 bits per heavy atom. The van der Waals surface area contributed by atoms with Gasteiger partial charge in [-0.25, -0.2) is 19.2 Å². The summed E-state index contributed by atoms with van der Waals surface area (Å²) in [5, 5.41) is 5.82. The Balaban J connectivity index is 1.65. The number of unbranched alkanes of at least 4 members (excludes halogenated alkanes) is 1. The first-order valence-corrected chi connectivity index (χ1v) is 7.81. The fraction of sp³-hybridized carbons (Fsp3) is 0.235. The molecule has 0 bridgehead atoms. The van der Waals surface area contributed by atoms with Gasteiger partial charge in [0.05, 0.1) is 11.9 Å². The highest BCUT2D eigenvalue weighted by Crippen LogP contribution is 2.22. The standard InChI is InChI=1S/C17H18FN5O/c1-2-3-4-11-5-6-15(19-8-11)23-17(24)22-14-10-21-16-13(14)7-12(18)9-20-16/h5-10H,2-4H2,1H3,(H,20,21)(H2,19,22,23,24). The Morgan fingerprint density at radius 3 is 2.88 bits per heavy atom. The Bertz CT molecular complexity index is 844. The van der Waals surface area contributed by atoms with Crippen LogP contribution in [-0.4, -0.2) is 21.0 Å². The number of aromatic nitrogens is 3.